The first kappa shape index (κ1) is 8.36. The maximum atomic E-state index is 5.76. The molecule has 0 spiro atoms. The van der Waals surface area contributed by atoms with Crippen molar-refractivity contribution in [2.24, 2.45) is 0 Å². The zero-order valence-corrected chi connectivity index (χ0v) is 9.26. The Kier molecular flexibility index (Phi) is 1.65. The number of hydrogen-bond donors (Lipinski definition) is 2. The number of benzene rings is 1. The molecule has 0 bridgehead atoms. The lowest BCUT2D eigenvalue weighted by molar-refractivity contribution is 1.05. The fraction of sp³-hybridized carbons (Fsp3) is 0.273. The van der Waals surface area contributed by atoms with Crippen molar-refractivity contribution < 1.29 is 0 Å². The Balaban J connectivity index is 2.29. The second-order valence-corrected chi connectivity index (χ2v) is 4.72. The number of fused-ring (bicyclic) bond motifs is 1. The van der Waals surface area contributed by atoms with E-state index in [-0.39, 0.29) is 0 Å². The van der Waals surface area contributed by atoms with Crippen LogP contribution in [0.15, 0.2) is 22.7 Å². The Morgan fingerprint density at radius 3 is 2.86 bits per heavy atom. The van der Waals surface area contributed by atoms with Crippen LogP contribution >= 0.6 is 15.9 Å². The monoisotopic (exact) mass is 250 g/mol. The average Bonchev–Trinajstić information content (AvgIpc) is 2.95. The van der Waals surface area contributed by atoms with E-state index in [1.165, 1.54) is 33.9 Å². The second kappa shape index (κ2) is 2.76. The molecule has 2 aromatic rings. The molecule has 3 N–H and O–H groups in total. The predicted octanol–water partition coefficient (Wildman–Crippen LogP) is 3.39. The molecule has 1 saturated carbocycles. The van der Waals surface area contributed by atoms with Crippen LogP contribution in [0, 0.1) is 0 Å². The van der Waals surface area contributed by atoms with Crippen LogP contribution in [0.25, 0.3) is 10.9 Å². The molecule has 0 radical (unpaired) electrons. The largest absolute Gasteiger partial charge is 0.399 e. The SMILES string of the molecule is Nc1ccc2[nH]c(C3CC3)c(Br)c2c1. The maximum absolute atomic E-state index is 5.76. The normalized spacial score (nSPS) is 16.4. The number of halogens is 1. The molecule has 1 aromatic heterocycles. The highest BCUT2D eigenvalue weighted by Crippen LogP contribution is 2.45. The van der Waals surface area contributed by atoms with E-state index >= 15 is 0 Å². The standard InChI is InChI=1S/C11H11BrN2/c12-10-8-5-7(13)3-4-9(8)14-11(10)6-1-2-6/h3-6,14H,1-2,13H2. The van der Waals surface area contributed by atoms with Gasteiger partial charge in [-0.1, -0.05) is 0 Å². The quantitative estimate of drug-likeness (QED) is 0.749. The summed E-state index contributed by atoms with van der Waals surface area (Å²) in [4.78, 5) is 3.45. The van der Waals surface area contributed by atoms with Gasteiger partial charge in [0.2, 0.25) is 0 Å². The molecule has 1 aliphatic rings. The smallest absolute Gasteiger partial charge is 0.0469 e. The van der Waals surface area contributed by atoms with Crippen LogP contribution in [0.1, 0.15) is 24.5 Å². The van der Waals surface area contributed by atoms with Crippen LogP contribution in [0.5, 0.6) is 0 Å². The Morgan fingerprint density at radius 1 is 1.36 bits per heavy atom. The van der Waals surface area contributed by atoms with E-state index in [0.29, 0.717) is 0 Å². The molecule has 14 heavy (non-hydrogen) atoms. The molecule has 3 rings (SSSR count). The molecule has 1 fully saturated rings. The number of aromatic nitrogens is 1. The summed E-state index contributed by atoms with van der Waals surface area (Å²) in [7, 11) is 0. The van der Waals surface area contributed by atoms with Crippen LogP contribution in [0.2, 0.25) is 0 Å². The summed E-state index contributed by atoms with van der Waals surface area (Å²) in [6, 6.07) is 5.99. The third-order valence-electron chi connectivity index (χ3n) is 2.77. The number of hydrogen-bond acceptors (Lipinski definition) is 1. The van der Waals surface area contributed by atoms with E-state index in [9.17, 15) is 0 Å². The van der Waals surface area contributed by atoms with Gasteiger partial charge in [-0.05, 0) is 47.0 Å². The topological polar surface area (TPSA) is 41.8 Å². The maximum Gasteiger partial charge on any atom is 0.0469 e. The lowest BCUT2D eigenvalue weighted by Gasteiger charge is -1.93. The van der Waals surface area contributed by atoms with E-state index in [1.54, 1.807) is 0 Å². The molecule has 1 aliphatic carbocycles. The minimum Gasteiger partial charge on any atom is -0.399 e. The fourth-order valence-electron chi connectivity index (χ4n) is 1.85. The molecular formula is C11H11BrN2. The van der Waals surface area contributed by atoms with Crippen molar-refractivity contribution in [3.8, 4) is 0 Å². The van der Waals surface area contributed by atoms with E-state index in [2.05, 4.69) is 20.9 Å². The van der Waals surface area contributed by atoms with Gasteiger partial charge < -0.3 is 10.7 Å². The van der Waals surface area contributed by atoms with Crippen molar-refractivity contribution in [3.63, 3.8) is 0 Å². The zero-order valence-electron chi connectivity index (χ0n) is 7.68. The summed E-state index contributed by atoms with van der Waals surface area (Å²) in [5, 5.41) is 1.20. The van der Waals surface area contributed by atoms with Gasteiger partial charge in [-0.2, -0.15) is 0 Å². The van der Waals surface area contributed by atoms with E-state index < -0.39 is 0 Å². The second-order valence-electron chi connectivity index (χ2n) is 3.93. The first-order chi connectivity index (χ1) is 6.75. The lowest BCUT2D eigenvalue weighted by Crippen LogP contribution is -1.81. The number of anilines is 1. The molecule has 0 amide bonds. The van der Waals surface area contributed by atoms with Gasteiger partial charge >= 0.3 is 0 Å². The molecule has 0 atom stereocenters. The van der Waals surface area contributed by atoms with Crippen LogP contribution in [-0.2, 0) is 0 Å². The Morgan fingerprint density at radius 2 is 2.14 bits per heavy atom. The van der Waals surface area contributed by atoms with E-state index in [4.69, 9.17) is 5.73 Å². The summed E-state index contributed by atoms with van der Waals surface area (Å²) in [5.41, 5.74) is 9.09. The molecule has 1 aromatic carbocycles. The molecule has 0 aliphatic heterocycles. The van der Waals surface area contributed by atoms with Gasteiger partial charge in [-0.25, -0.2) is 0 Å². The summed E-state index contributed by atoms with van der Waals surface area (Å²) in [6.07, 6.45) is 2.61. The number of rotatable bonds is 1. The van der Waals surface area contributed by atoms with Crippen LogP contribution in [0.3, 0.4) is 0 Å². The van der Waals surface area contributed by atoms with Gasteiger partial charge in [-0.3, -0.25) is 0 Å². The number of H-pyrrole nitrogens is 1. The van der Waals surface area contributed by atoms with Gasteiger partial charge in [0.05, 0.1) is 0 Å². The number of nitrogens with one attached hydrogen (secondary N) is 1. The molecule has 72 valence electrons. The molecule has 0 unspecified atom stereocenters. The van der Waals surface area contributed by atoms with Crippen molar-refractivity contribution in [1.29, 1.82) is 0 Å². The summed E-state index contributed by atoms with van der Waals surface area (Å²) in [6.45, 7) is 0. The molecule has 3 heteroatoms. The highest BCUT2D eigenvalue weighted by molar-refractivity contribution is 9.10. The Bertz CT molecular complexity index is 497. The third kappa shape index (κ3) is 1.16. The lowest BCUT2D eigenvalue weighted by atomic mass is 10.2. The highest BCUT2D eigenvalue weighted by Gasteiger charge is 2.28. The van der Waals surface area contributed by atoms with Crippen molar-refractivity contribution in [3.05, 3.63) is 28.4 Å². The Hall–Kier alpha value is -0.960. The predicted molar refractivity (Wildman–Crippen MR) is 62.4 cm³/mol. The van der Waals surface area contributed by atoms with Crippen molar-refractivity contribution >= 4 is 32.5 Å². The van der Waals surface area contributed by atoms with Crippen LogP contribution in [-0.4, -0.2) is 4.98 Å². The van der Waals surface area contributed by atoms with Gasteiger partial charge in [0.1, 0.15) is 0 Å². The molecular weight excluding hydrogens is 240 g/mol. The van der Waals surface area contributed by atoms with E-state index in [0.717, 1.165) is 11.6 Å². The third-order valence-corrected chi connectivity index (χ3v) is 3.63. The van der Waals surface area contributed by atoms with Crippen molar-refractivity contribution in [2.75, 3.05) is 5.73 Å². The van der Waals surface area contributed by atoms with Gasteiger partial charge in [-0.15, -0.1) is 0 Å². The summed E-state index contributed by atoms with van der Waals surface area (Å²) < 4.78 is 1.20. The number of aromatic amines is 1. The number of nitrogen functional groups attached to an aromatic ring is 1. The van der Waals surface area contributed by atoms with Gasteiger partial charge in [0.25, 0.3) is 0 Å². The Labute approximate surface area is 90.6 Å². The molecule has 0 saturated heterocycles. The number of nitrogens with two attached hydrogens (primary N) is 1. The summed E-state index contributed by atoms with van der Waals surface area (Å²) in [5.74, 6) is 0.734. The molecule has 1 heterocycles. The minimum absolute atomic E-state index is 0.734. The van der Waals surface area contributed by atoms with Gasteiger partial charge in [0, 0.05) is 32.7 Å². The minimum atomic E-state index is 0.734. The first-order valence-electron chi connectivity index (χ1n) is 4.82. The first-order valence-corrected chi connectivity index (χ1v) is 5.61. The van der Waals surface area contributed by atoms with E-state index in [1.807, 2.05) is 18.2 Å². The zero-order chi connectivity index (χ0) is 9.71. The fourth-order valence-corrected chi connectivity index (χ4v) is 2.60. The van der Waals surface area contributed by atoms with Crippen LogP contribution < -0.4 is 5.73 Å². The highest BCUT2D eigenvalue weighted by atomic mass is 79.9. The van der Waals surface area contributed by atoms with Crippen molar-refractivity contribution in [1.82, 2.24) is 4.98 Å². The summed E-state index contributed by atoms with van der Waals surface area (Å²) >= 11 is 3.64. The molecule has 2 nitrogen and oxygen atoms in total. The van der Waals surface area contributed by atoms with Crippen molar-refractivity contribution in [2.45, 2.75) is 18.8 Å². The average molecular weight is 251 g/mol. The van der Waals surface area contributed by atoms with Gasteiger partial charge in [0.15, 0.2) is 0 Å². The van der Waals surface area contributed by atoms with Crippen LogP contribution in [0.4, 0.5) is 5.69 Å².